The second kappa shape index (κ2) is 7.14. The Labute approximate surface area is 115 Å². The fraction of sp³-hybridized carbons (Fsp3) is 0.533. The van der Waals surface area contributed by atoms with Gasteiger partial charge in [-0.25, -0.2) is 0 Å². The molecular formula is C15H23NO3. The van der Waals surface area contributed by atoms with E-state index in [2.05, 4.69) is 25.2 Å². The molecule has 1 rings (SSSR count). The van der Waals surface area contributed by atoms with Crippen LogP contribution in [0.3, 0.4) is 0 Å². The molecule has 4 nitrogen and oxygen atoms in total. The Kier molecular flexibility index (Phi) is 5.83. The molecule has 0 bridgehead atoms. The quantitative estimate of drug-likeness (QED) is 0.802. The zero-order chi connectivity index (χ0) is 14.4. The highest BCUT2D eigenvalue weighted by molar-refractivity contribution is 5.71. The first-order valence-electron chi connectivity index (χ1n) is 6.51. The lowest BCUT2D eigenvalue weighted by Crippen LogP contribution is -2.24. The molecule has 1 N–H and O–H groups in total. The van der Waals surface area contributed by atoms with Crippen molar-refractivity contribution < 1.29 is 14.3 Å². The van der Waals surface area contributed by atoms with Crippen molar-refractivity contribution in [3.05, 3.63) is 28.3 Å². The molecule has 0 atom stereocenters. The van der Waals surface area contributed by atoms with E-state index in [4.69, 9.17) is 9.47 Å². The topological polar surface area (TPSA) is 47.6 Å². The second-order valence-electron chi connectivity index (χ2n) is 4.54. The maximum Gasteiger partial charge on any atom is 0.319 e. The zero-order valence-corrected chi connectivity index (χ0v) is 12.4. The summed E-state index contributed by atoms with van der Waals surface area (Å²) in [6.07, 6.45) is 0. The summed E-state index contributed by atoms with van der Waals surface area (Å²) in [5, 5.41) is 3.10. The fourth-order valence-corrected chi connectivity index (χ4v) is 2.15. The van der Waals surface area contributed by atoms with Crippen LogP contribution in [0.5, 0.6) is 5.75 Å². The van der Waals surface area contributed by atoms with Crippen LogP contribution in [-0.4, -0.2) is 26.2 Å². The molecule has 0 spiro atoms. The number of hydrogen-bond acceptors (Lipinski definition) is 4. The number of aryl methyl sites for hydroxylation is 1. The third-order valence-electron chi connectivity index (χ3n) is 3.23. The number of benzene rings is 1. The van der Waals surface area contributed by atoms with Gasteiger partial charge in [-0.3, -0.25) is 4.79 Å². The Hall–Kier alpha value is -1.55. The van der Waals surface area contributed by atoms with E-state index in [-0.39, 0.29) is 12.5 Å². The lowest BCUT2D eigenvalue weighted by Gasteiger charge is -2.16. The van der Waals surface area contributed by atoms with Gasteiger partial charge in [0.25, 0.3) is 0 Å². The van der Waals surface area contributed by atoms with E-state index >= 15 is 0 Å². The summed E-state index contributed by atoms with van der Waals surface area (Å²) in [6.45, 7) is 9.25. The molecule has 0 unspecified atom stereocenters. The Bertz CT molecular complexity index is 455. The van der Waals surface area contributed by atoms with Gasteiger partial charge in [0, 0.05) is 6.54 Å². The molecule has 0 aliphatic heterocycles. The molecule has 19 heavy (non-hydrogen) atoms. The number of carbonyl (C=O) groups excluding carboxylic acids is 1. The molecule has 4 heteroatoms. The highest BCUT2D eigenvalue weighted by Crippen LogP contribution is 2.28. The number of rotatable bonds is 6. The smallest absolute Gasteiger partial charge is 0.319 e. The average molecular weight is 265 g/mol. The van der Waals surface area contributed by atoms with E-state index in [1.165, 1.54) is 11.1 Å². The Morgan fingerprint density at radius 3 is 2.53 bits per heavy atom. The largest absolute Gasteiger partial charge is 0.496 e. The van der Waals surface area contributed by atoms with Crippen molar-refractivity contribution in [1.29, 1.82) is 0 Å². The van der Waals surface area contributed by atoms with Crippen molar-refractivity contribution in [2.75, 3.05) is 20.3 Å². The van der Waals surface area contributed by atoms with Gasteiger partial charge in [-0.2, -0.15) is 0 Å². The molecule has 1 aromatic carbocycles. The number of nitrogens with one attached hydrogen (secondary N) is 1. The summed E-state index contributed by atoms with van der Waals surface area (Å²) < 4.78 is 10.3. The van der Waals surface area contributed by atoms with E-state index in [9.17, 15) is 4.79 Å². The number of hydrogen-bond donors (Lipinski definition) is 1. The highest BCUT2D eigenvalue weighted by Gasteiger charge is 2.10. The minimum Gasteiger partial charge on any atom is -0.496 e. The Balaban J connectivity index is 2.72. The molecule has 0 saturated heterocycles. The number of carbonyl (C=O) groups is 1. The van der Waals surface area contributed by atoms with Crippen LogP contribution >= 0.6 is 0 Å². The second-order valence-corrected chi connectivity index (χ2v) is 4.54. The van der Waals surface area contributed by atoms with Crippen LogP contribution in [0.25, 0.3) is 0 Å². The van der Waals surface area contributed by atoms with Crippen molar-refractivity contribution in [3.63, 3.8) is 0 Å². The molecular weight excluding hydrogens is 242 g/mol. The van der Waals surface area contributed by atoms with Gasteiger partial charge < -0.3 is 14.8 Å². The van der Waals surface area contributed by atoms with Crippen LogP contribution in [0.15, 0.2) is 6.07 Å². The van der Waals surface area contributed by atoms with Crippen molar-refractivity contribution in [2.45, 2.75) is 34.2 Å². The Morgan fingerprint density at radius 1 is 1.26 bits per heavy atom. The van der Waals surface area contributed by atoms with E-state index in [1.54, 1.807) is 14.0 Å². The number of ether oxygens (including phenoxy) is 2. The Morgan fingerprint density at radius 2 is 1.95 bits per heavy atom. The molecule has 0 aliphatic rings. The SMILES string of the molecule is CCOC(=O)CNCc1cc(C)c(OC)c(C)c1C. The zero-order valence-electron chi connectivity index (χ0n) is 12.4. The minimum atomic E-state index is -0.220. The van der Waals surface area contributed by atoms with E-state index < -0.39 is 0 Å². The first-order valence-corrected chi connectivity index (χ1v) is 6.51. The van der Waals surface area contributed by atoms with Crippen LogP contribution in [-0.2, 0) is 16.1 Å². The third-order valence-corrected chi connectivity index (χ3v) is 3.23. The first kappa shape index (κ1) is 15.5. The molecule has 0 fully saturated rings. The summed E-state index contributed by atoms with van der Waals surface area (Å²) in [5.41, 5.74) is 4.63. The molecule has 106 valence electrons. The summed E-state index contributed by atoms with van der Waals surface area (Å²) >= 11 is 0. The van der Waals surface area contributed by atoms with Crippen LogP contribution in [0.4, 0.5) is 0 Å². The standard InChI is InChI=1S/C15H23NO3/c1-6-19-14(17)9-16-8-13-7-10(2)15(18-5)12(4)11(13)3/h7,16H,6,8-9H2,1-5H3. The van der Waals surface area contributed by atoms with Crippen molar-refractivity contribution >= 4 is 5.97 Å². The summed E-state index contributed by atoms with van der Waals surface area (Å²) in [5.74, 6) is 0.716. The van der Waals surface area contributed by atoms with E-state index in [0.29, 0.717) is 13.2 Å². The third kappa shape index (κ3) is 3.96. The van der Waals surface area contributed by atoms with Crippen molar-refractivity contribution in [2.24, 2.45) is 0 Å². The fourth-order valence-electron chi connectivity index (χ4n) is 2.15. The first-order chi connectivity index (χ1) is 9.01. The van der Waals surface area contributed by atoms with Gasteiger partial charge in [0.1, 0.15) is 5.75 Å². The van der Waals surface area contributed by atoms with Gasteiger partial charge in [-0.05, 0) is 49.9 Å². The number of esters is 1. The molecule has 0 heterocycles. The van der Waals surface area contributed by atoms with Crippen LogP contribution in [0.1, 0.15) is 29.2 Å². The lowest BCUT2D eigenvalue weighted by atomic mass is 9.98. The van der Waals surface area contributed by atoms with Crippen molar-refractivity contribution in [1.82, 2.24) is 5.32 Å². The van der Waals surface area contributed by atoms with Gasteiger partial charge in [0.05, 0.1) is 20.3 Å². The predicted molar refractivity (Wildman–Crippen MR) is 75.5 cm³/mol. The van der Waals surface area contributed by atoms with E-state index in [0.717, 1.165) is 16.9 Å². The molecule has 0 radical (unpaired) electrons. The van der Waals surface area contributed by atoms with Gasteiger partial charge >= 0.3 is 5.97 Å². The van der Waals surface area contributed by atoms with Crippen LogP contribution < -0.4 is 10.1 Å². The van der Waals surface area contributed by atoms with Gasteiger partial charge in [-0.1, -0.05) is 6.07 Å². The maximum absolute atomic E-state index is 11.2. The van der Waals surface area contributed by atoms with Gasteiger partial charge in [0.2, 0.25) is 0 Å². The summed E-state index contributed by atoms with van der Waals surface area (Å²) in [4.78, 5) is 11.2. The van der Waals surface area contributed by atoms with Crippen LogP contribution in [0.2, 0.25) is 0 Å². The minimum absolute atomic E-state index is 0.220. The predicted octanol–water partition coefficient (Wildman–Crippen LogP) is 2.27. The monoisotopic (exact) mass is 265 g/mol. The van der Waals surface area contributed by atoms with Gasteiger partial charge in [-0.15, -0.1) is 0 Å². The molecule has 0 aliphatic carbocycles. The van der Waals surface area contributed by atoms with Crippen LogP contribution in [0, 0.1) is 20.8 Å². The average Bonchev–Trinajstić information content (AvgIpc) is 2.36. The van der Waals surface area contributed by atoms with Gasteiger partial charge in [0.15, 0.2) is 0 Å². The number of methoxy groups -OCH3 is 1. The normalized spacial score (nSPS) is 10.4. The molecule has 0 amide bonds. The van der Waals surface area contributed by atoms with E-state index in [1.807, 2.05) is 6.92 Å². The maximum atomic E-state index is 11.2. The lowest BCUT2D eigenvalue weighted by molar-refractivity contribution is -0.142. The molecule has 1 aromatic rings. The summed E-state index contributed by atoms with van der Waals surface area (Å²) in [6, 6.07) is 2.10. The summed E-state index contributed by atoms with van der Waals surface area (Å²) in [7, 11) is 1.69. The van der Waals surface area contributed by atoms with Crippen molar-refractivity contribution in [3.8, 4) is 5.75 Å². The highest BCUT2D eigenvalue weighted by atomic mass is 16.5. The molecule has 0 saturated carbocycles. The molecule has 0 aromatic heterocycles.